The van der Waals surface area contributed by atoms with E-state index in [0.29, 0.717) is 12.0 Å². The highest BCUT2D eigenvalue weighted by atomic mass is 79.9. The minimum absolute atomic E-state index is 0.128. The van der Waals surface area contributed by atoms with E-state index in [0.717, 1.165) is 15.7 Å². The first kappa shape index (κ1) is 12.1. The van der Waals surface area contributed by atoms with Crippen LogP contribution in [-0.4, -0.2) is 10.8 Å². The predicted octanol–water partition coefficient (Wildman–Crippen LogP) is 3.69. The molecule has 0 radical (unpaired) electrons. The molecule has 0 unspecified atom stereocenters. The maximum atomic E-state index is 11.9. The van der Waals surface area contributed by atoms with Crippen molar-refractivity contribution in [3.05, 3.63) is 39.6 Å². The molecule has 0 atom stereocenters. The molecule has 2 nitrogen and oxygen atoms in total. The SMILES string of the molecule is C/C=C(\C)CC(=O)c1cc(C)ncc1Br. The third kappa shape index (κ3) is 3.27. The number of aromatic nitrogens is 1. The van der Waals surface area contributed by atoms with Crippen LogP contribution < -0.4 is 0 Å². The average Bonchev–Trinajstić information content (AvgIpc) is 2.21. The fourth-order valence-electron chi connectivity index (χ4n) is 1.21. The number of rotatable bonds is 3. The molecule has 0 aliphatic heterocycles. The van der Waals surface area contributed by atoms with E-state index >= 15 is 0 Å². The molecule has 80 valence electrons. The zero-order valence-corrected chi connectivity index (χ0v) is 10.8. The summed E-state index contributed by atoms with van der Waals surface area (Å²) in [7, 11) is 0. The number of halogens is 1. The smallest absolute Gasteiger partial charge is 0.168 e. The number of carbonyl (C=O) groups is 1. The van der Waals surface area contributed by atoms with E-state index in [-0.39, 0.29) is 5.78 Å². The Morgan fingerprint density at radius 3 is 2.87 bits per heavy atom. The second-order valence-corrected chi connectivity index (χ2v) is 4.39. The van der Waals surface area contributed by atoms with Gasteiger partial charge in [-0.3, -0.25) is 9.78 Å². The lowest BCUT2D eigenvalue weighted by Crippen LogP contribution is -2.02. The Bertz CT molecular complexity index is 410. The van der Waals surface area contributed by atoms with Crippen LogP contribution in [0.15, 0.2) is 28.4 Å². The maximum absolute atomic E-state index is 11.9. The van der Waals surface area contributed by atoms with Crippen molar-refractivity contribution in [2.24, 2.45) is 0 Å². The normalized spacial score (nSPS) is 11.6. The number of hydrogen-bond acceptors (Lipinski definition) is 2. The summed E-state index contributed by atoms with van der Waals surface area (Å²) < 4.78 is 0.766. The van der Waals surface area contributed by atoms with Crippen molar-refractivity contribution in [2.75, 3.05) is 0 Å². The molecule has 1 aromatic heterocycles. The largest absolute Gasteiger partial charge is 0.294 e. The van der Waals surface area contributed by atoms with Gasteiger partial charge in [0.25, 0.3) is 0 Å². The molecule has 1 heterocycles. The van der Waals surface area contributed by atoms with Crippen LogP contribution in [0.2, 0.25) is 0 Å². The van der Waals surface area contributed by atoms with Crippen LogP contribution in [0.4, 0.5) is 0 Å². The second-order valence-electron chi connectivity index (χ2n) is 3.54. The first-order chi connectivity index (χ1) is 7.04. The summed E-state index contributed by atoms with van der Waals surface area (Å²) in [5, 5.41) is 0. The number of hydrogen-bond donors (Lipinski definition) is 0. The van der Waals surface area contributed by atoms with Gasteiger partial charge in [0.15, 0.2) is 5.78 Å². The summed E-state index contributed by atoms with van der Waals surface area (Å²) in [6, 6.07) is 1.81. The quantitative estimate of drug-likeness (QED) is 0.618. The fourth-order valence-corrected chi connectivity index (χ4v) is 1.65. The minimum Gasteiger partial charge on any atom is -0.294 e. The Morgan fingerprint density at radius 2 is 2.27 bits per heavy atom. The summed E-state index contributed by atoms with van der Waals surface area (Å²) in [4.78, 5) is 16.0. The van der Waals surface area contributed by atoms with Gasteiger partial charge in [0.2, 0.25) is 0 Å². The van der Waals surface area contributed by atoms with Gasteiger partial charge in [0.05, 0.1) is 0 Å². The van der Waals surface area contributed by atoms with E-state index in [1.54, 1.807) is 6.20 Å². The van der Waals surface area contributed by atoms with Crippen molar-refractivity contribution in [2.45, 2.75) is 27.2 Å². The minimum atomic E-state index is 0.128. The summed E-state index contributed by atoms with van der Waals surface area (Å²) >= 11 is 3.34. The van der Waals surface area contributed by atoms with Gasteiger partial charge in [-0.1, -0.05) is 11.6 Å². The van der Waals surface area contributed by atoms with Crippen molar-refractivity contribution in [1.82, 2.24) is 4.98 Å². The molecule has 0 aliphatic carbocycles. The molecule has 3 heteroatoms. The van der Waals surface area contributed by atoms with Crippen LogP contribution in [-0.2, 0) is 0 Å². The van der Waals surface area contributed by atoms with E-state index in [1.165, 1.54) is 0 Å². The number of Topliss-reactive ketones (excluding diaryl/α,β-unsaturated/α-hetero) is 1. The third-order valence-corrected chi connectivity index (χ3v) is 2.86. The van der Waals surface area contributed by atoms with Crippen molar-refractivity contribution in [3.8, 4) is 0 Å². The van der Waals surface area contributed by atoms with Gasteiger partial charge in [-0.05, 0) is 42.8 Å². The molecule has 0 spiro atoms. The van der Waals surface area contributed by atoms with Crippen LogP contribution in [0.3, 0.4) is 0 Å². The van der Waals surface area contributed by atoms with E-state index in [9.17, 15) is 4.79 Å². The summed E-state index contributed by atoms with van der Waals surface area (Å²) in [6.07, 6.45) is 4.10. The molecular formula is C12H14BrNO. The zero-order valence-electron chi connectivity index (χ0n) is 9.17. The Hall–Kier alpha value is -0.960. The predicted molar refractivity (Wildman–Crippen MR) is 65.1 cm³/mol. The van der Waals surface area contributed by atoms with Gasteiger partial charge in [0, 0.05) is 28.3 Å². The lowest BCUT2D eigenvalue weighted by atomic mass is 10.0. The first-order valence-corrected chi connectivity index (χ1v) is 5.61. The lowest BCUT2D eigenvalue weighted by Gasteiger charge is -2.04. The van der Waals surface area contributed by atoms with Crippen LogP contribution >= 0.6 is 15.9 Å². The Kier molecular flexibility index (Phi) is 4.21. The van der Waals surface area contributed by atoms with Crippen LogP contribution in [0, 0.1) is 6.92 Å². The summed E-state index contributed by atoms with van der Waals surface area (Å²) in [5.41, 5.74) is 2.66. The number of allylic oxidation sites excluding steroid dienone is 2. The molecule has 0 bridgehead atoms. The fraction of sp³-hybridized carbons (Fsp3) is 0.333. The number of ketones is 1. The summed E-state index contributed by atoms with van der Waals surface area (Å²) in [5.74, 6) is 0.128. The number of nitrogens with zero attached hydrogens (tertiary/aromatic N) is 1. The molecule has 0 aliphatic rings. The van der Waals surface area contributed by atoms with Crippen LogP contribution in [0.1, 0.15) is 36.3 Å². The zero-order chi connectivity index (χ0) is 11.4. The Balaban J connectivity index is 2.96. The van der Waals surface area contributed by atoms with Crippen LogP contribution in [0.25, 0.3) is 0 Å². The highest BCUT2D eigenvalue weighted by Gasteiger charge is 2.10. The number of pyridine rings is 1. The maximum Gasteiger partial charge on any atom is 0.168 e. The van der Waals surface area contributed by atoms with E-state index in [4.69, 9.17) is 0 Å². The highest BCUT2D eigenvalue weighted by molar-refractivity contribution is 9.10. The Morgan fingerprint density at radius 1 is 1.60 bits per heavy atom. The standard InChI is InChI=1S/C12H14BrNO/c1-4-8(2)5-12(15)10-6-9(3)14-7-11(10)13/h4,6-7H,5H2,1-3H3/b8-4+. The average molecular weight is 268 g/mol. The van der Waals surface area contributed by atoms with Crippen LogP contribution in [0.5, 0.6) is 0 Å². The molecule has 0 saturated carbocycles. The van der Waals surface area contributed by atoms with E-state index in [1.807, 2.05) is 32.9 Å². The monoisotopic (exact) mass is 267 g/mol. The van der Waals surface area contributed by atoms with Gasteiger partial charge in [-0.25, -0.2) is 0 Å². The number of carbonyl (C=O) groups excluding carboxylic acids is 1. The van der Waals surface area contributed by atoms with Crippen molar-refractivity contribution >= 4 is 21.7 Å². The third-order valence-electron chi connectivity index (χ3n) is 2.22. The second kappa shape index (κ2) is 5.21. The van der Waals surface area contributed by atoms with Gasteiger partial charge in [-0.2, -0.15) is 0 Å². The van der Waals surface area contributed by atoms with Gasteiger partial charge >= 0.3 is 0 Å². The molecular weight excluding hydrogens is 254 g/mol. The number of aryl methyl sites for hydroxylation is 1. The molecule has 0 aromatic carbocycles. The van der Waals surface area contributed by atoms with E-state index < -0.39 is 0 Å². The van der Waals surface area contributed by atoms with Gasteiger partial charge < -0.3 is 0 Å². The van der Waals surface area contributed by atoms with Crippen molar-refractivity contribution < 1.29 is 4.79 Å². The molecule has 0 N–H and O–H groups in total. The Labute approximate surface area is 98.5 Å². The topological polar surface area (TPSA) is 30.0 Å². The van der Waals surface area contributed by atoms with E-state index in [2.05, 4.69) is 20.9 Å². The molecule has 0 saturated heterocycles. The lowest BCUT2D eigenvalue weighted by molar-refractivity contribution is 0.0992. The highest BCUT2D eigenvalue weighted by Crippen LogP contribution is 2.19. The van der Waals surface area contributed by atoms with Gasteiger partial charge in [0.1, 0.15) is 0 Å². The van der Waals surface area contributed by atoms with Crippen molar-refractivity contribution in [1.29, 1.82) is 0 Å². The molecule has 1 aromatic rings. The molecule has 1 rings (SSSR count). The van der Waals surface area contributed by atoms with Gasteiger partial charge in [-0.15, -0.1) is 0 Å². The van der Waals surface area contributed by atoms with Crippen molar-refractivity contribution in [3.63, 3.8) is 0 Å². The first-order valence-electron chi connectivity index (χ1n) is 4.81. The molecule has 0 fully saturated rings. The molecule has 0 amide bonds. The summed E-state index contributed by atoms with van der Waals surface area (Å²) in [6.45, 7) is 5.78. The molecule has 15 heavy (non-hydrogen) atoms.